The maximum Gasteiger partial charge on any atom is 0.335 e. The number of hydrogen-bond acceptors (Lipinski definition) is 2. The quantitative estimate of drug-likeness (QED) is 0.223. The average molecular weight is 545 g/mol. The van der Waals surface area contributed by atoms with Gasteiger partial charge >= 0.3 is 5.97 Å². The van der Waals surface area contributed by atoms with Gasteiger partial charge in [0.15, 0.2) is 0 Å². The molecule has 8 heteroatoms. The molecule has 39 heavy (non-hydrogen) atoms. The first kappa shape index (κ1) is 26.1. The van der Waals surface area contributed by atoms with Crippen molar-refractivity contribution in [1.82, 2.24) is 9.88 Å². The maximum absolute atomic E-state index is 14.0. The fraction of sp³-hybridized carbons (Fsp3) is 0.0968. The number of carbonyl (C=O) groups excluding carboxylic acids is 1. The lowest BCUT2D eigenvalue weighted by molar-refractivity contribution is 0.0696. The molecule has 5 nitrogen and oxygen atoms in total. The highest BCUT2D eigenvalue weighted by atomic mass is 35.5. The molecule has 0 spiro atoms. The van der Waals surface area contributed by atoms with Gasteiger partial charge in [-0.05, 0) is 83.8 Å². The second-order valence-corrected chi connectivity index (χ2v) is 9.75. The Morgan fingerprint density at radius 3 is 2.28 bits per heavy atom. The number of amides is 1. The van der Waals surface area contributed by atoms with Gasteiger partial charge in [0, 0.05) is 29.2 Å². The predicted molar refractivity (Wildman–Crippen MR) is 147 cm³/mol. The topological polar surface area (TPSA) is 71.3 Å². The third-order valence-electron chi connectivity index (χ3n) is 6.55. The molecule has 196 valence electrons. The van der Waals surface area contributed by atoms with Gasteiger partial charge in [0.05, 0.1) is 22.7 Å². The molecule has 2 N–H and O–H groups in total. The van der Waals surface area contributed by atoms with Crippen molar-refractivity contribution in [2.45, 2.75) is 19.5 Å². The van der Waals surface area contributed by atoms with Crippen LogP contribution in [0.25, 0.3) is 22.0 Å². The normalized spacial score (nSPS) is 11.9. The van der Waals surface area contributed by atoms with Gasteiger partial charge in [-0.1, -0.05) is 35.9 Å². The number of aromatic carboxylic acids is 1. The van der Waals surface area contributed by atoms with Crippen molar-refractivity contribution in [3.8, 4) is 11.1 Å². The van der Waals surface area contributed by atoms with Crippen molar-refractivity contribution in [2.75, 3.05) is 0 Å². The van der Waals surface area contributed by atoms with Crippen LogP contribution in [0.15, 0.2) is 91.1 Å². The third kappa shape index (κ3) is 5.68. The van der Waals surface area contributed by atoms with E-state index in [1.807, 2.05) is 35.0 Å². The van der Waals surface area contributed by atoms with Gasteiger partial charge in [-0.15, -0.1) is 0 Å². The molecule has 5 rings (SSSR count). The first-order valence-electron chi connectivity index (χ1n) is 12.2. The lowest BCUT2D eigenvalue weighted by atomic mass is 9.99. The SMILES string of the molecule is C[C@H](NC(=O)c1cc(-c2cc(F)cc(F)c2)cc2ccn(Cc3cccc(Cl)c3)c12)c1ccc(C(=O)O)cc1. The number of aromatic nitrogens is 1. The Labute approximate surface area is 228 Å². The summed E-state index contributed by atoms with van der Waals surface area (Å²) < 4.78 is 30.0. The third-order valence-corrected chi connectivity index (χ3v) is 6.78. The summed E-state index contributed by atoms with van der Waals surface area (Å²) in [5, 5.41) is 13.5. The van der Waals surface area contributed by atoms with Crippen molar-refractivity contribution >= 4 is 34.4 Å². The monoisotopic (exact) mass is 544 g/mol. The zero-order chi connectivity index (χ0) is 27.7. The van der Waals surface area contributed by atoms with Crippen LogP contribution in [0.5, 0.6) is 0 Å². The minimum atomic E-state index is -1.04. The number of fused-ring (bicyclic) bond motifs is 1. The smallest absolute Gasteiger partial charge is 0.335 e. The second-order valence-electron chi connectivity index (χ2n) is 9.32. The molecule has 4 aromatic carbocycles. The van der Waals surface area contributed by atoms with Gasteiger partial charge in [0.1, 0.15) is 11.6 Å². The Hall–Kier alpha value is -4.49. The van der Waals surface area contributed by atoms with Gasteiger partial charge in [0.25, 0.3) is 5.91 Å². The van der Waals surface area contributed by atoms with Gasteiger partial charge in [-0.25, -0.2) is 13.6 Å². The summed E-state index contributed by atoms with van der Waals surface area (Å²) >= 11 is 6.17. The molecule has 0 aliphatic carbocycles. The summed E-state index contributed by atoms with van der Waals surface area (Å²) in [4.78, 5) is 24.9. The van der Waals surface area contributed by atoms with Gasteiger partial charge in [-0.3, -0.25) is 4.79 Å². The van der Waals surface area contributed by atoms with Crippen LogP contribution in [-0.4, -0.2) is 21.6 Å². The minimum absolute atomic E-state index is 0.146. The molecule has 1 aromatic heterocycles. The molecule has 1 amide bonds. The summed E-state index contributed by atoms with van der Waals surface area (Å²) in [6.07, 6.45) is 1.85. The Morgan fingerprint density at radius 2 is 1.62 bits per heavy atom. The van der Waals surface area contributed by atoms with Crippen LogP contribution in [0.1, 0.15) is 44.8 Å². The number of carboxylic acid groups (broad SMARTS) is 1. The molecular weight excluding hydrogens is 522 g/mol. The molecule has 0 bridgehead atoms. The molecule has 0 radical (unpaired) electrons. The van der Waals surface area contributed by atoms with Crippen molar-refractivity contribution < 1.29 is 23.5 Å². The summed E-state index contributed by atoms with van der Waals surface area (Å²) in [6.45, 7) is 2.24. The number of rotatable bonds is 7. The minimum Gasteiger partial charge on any atom is -0.478 e. The first-order chi connectivity index (χ1) is 18.7. The fourth-order valence-electron chi connectivity index (χ4n) is 4.65. The highest BCUT2D eigenvalue weighted by Crippen LogP contribution is 2.31. The van der Waals surface area contributed by atoms with Crippen LogP contribution in [0.2, 0.25) is 5.02 Å². The standard InChI is InChI=1S/C31H23ClF2N2O3/c1-18(20-5-7-21(8-6-20)31(38)39)35-30(37)28-15-23(24-13-26(33)16-27(34)14-24)12-22-9-10-36(29(22)28)17-19-3-2-4-25(32)11-19/h2-16,18H,17H2,1H3,(H,35,37)(H,38,39)/t18-/m0/s1. The highest BCUT2D eigenvalue weighted by molar-refractivity contribution is 6.30. The van der Waals surface area contributed by atoms with E-state index in [9.17, 15) is 18.4 Å². The van der Waals surface area contributed by atoms with Crippen molar-refractivity contribution in [3.63, 3.8) is 0 Å². The Morgan fingerprint density at radius 1 is 0.923 bits per heavy atom. The first-order valence-corrected chi connectivity index (χ1v) is 12.5. The molecule has 0 saturated heterocycles. The summed E-state index contributed by atoms with van der Waals surface area (Å²) in [7, 11) is 0. The number of halogens is 3. The van der Waals surface area contributed by atoms with Crippen LogP contribution in [0, 0.1) is 11.6 Å². The zero-order valence-corrected chi connectivity index (χ0v) is 21.5. The predicted octanol–water partition coefficient (Wildman–Crippen LogP) is 7.48. The number of nitrogens with zero attached hydrogens (tertiary/aromatic N) is 1. The van der Waals surface area contributed by atoms with Gasteiger partial charge in [-0.2, -0.15) is 0 Å². The van der Waals surface area contributed by atoms with E-state index in [2.05, 4.69) is 5.32 Å². The number of nitrogens with one attached hydrogen (secondary N) is 1. The highest BCUT2D eigenvalue weighted by Gasteiger charge is 2.19. The Bertz CT molecular complexity index is 1690. The van der Waals surface area contributed by atoms with Crippen LogP contribution in [0.4, 0.5) is 8.78 Å². The van der Waals surface area contributed by atoms with E-state index in [0.717, 1.165) is 22.6 Å². The molecule has 0 unspecified atom stereocenters. The van der Waals surface area contributed by atoms with Crippen molar-refractivity contribution in [1.29, 1.82) is 0 Å². The maximum atomic E-state index is 14.0. The van der Waals surface area contributed by atoms with E-state index >= 15 is 0 Å². The van der Waals surface area contributed by atoms with E-state index < -0.39 is 23.6 Å². The zero-order valence-electron chi connectivity index (χ0n) is 20.8. The van der Waals surface area contributed by atoms with E-state index in [-0.39, 0.29) is 11.5 Å². The van der Waals surface area contributed by atoms with E-state index in [1.165, 1.54) is 24.3 Å². The lowest BCUT2D eigenvalue weighted by Crippen LogP contribution is -2.27. The number of carboxylic acids is 1. The summed E-state index contributed by atoms with van der Waals surface area (Å²) in [5.41, 5.74) is 3.59. The summed E-state index contributed by atoms with van der Waals surface area (Å²) in [6, 6.07) is 21.8. The van der Waals surface area contributed by atoms with Crippen LogP contribution in [-0.2, 0) is 6.54 Å². The Balaban J connectivity index is 1.57. The number of benzene rings is 4. The molecule has 5 aromatic rings. The molecule has 0 aliphatic rings. The van der Waals surface area contributed by atoms with E-state index in [4.69, 9.17) is 16.7 Å². The van der Waals surface area contributed by atoms with Crippen LogP contribution >= 0.6 is 11.6 Å². The fourth-order valence-corrected chi connectivity index (χ4v) is 4.86. The molecule has 0 saturated carbocycles. The van der Waals surface area contributed by atoms with E-state index in [0.29, 0.717) is 33.8 Å². The number of hydrogen-bond donors (Lipinski definition) is 2. The van der Waals surface area contributed by atoms with E-state index in [1.54, 1.807) is 37.3 Å². The largest absolute Gasteiger partial charge is 0.478 e. The number of carbonyl (C=O) groups is 2. The van der Waals surface area contributed by atoms with Crippen LogP contribution in [0.3, 0.4) is 0 Å². The summed E-state index contributed by atoms with van der Waals surface area (Å²) in [5.74, 6) is -2.85. The molecule has 1 atom stereocenters. The van der Waals surface area contributed by atoms with Crippen LogP contribution < -0.4 is 5.32 Å². The molecule has 0 aliphatic heterocycles. The molecule has 1 heterocycles. The Kier molecular flexibility index (Phi) is 7.17. The second kappa shape index (κ2) is 10.7. The average Bonchev–Trinajstić information content (AvgIpc) is 3.30. The van der Waals surface area contributed by atoms with Crippen molar-refractivity contribution in [2.24, 2.45) is 0 Å². The van der Waals surface area contributed by atoms with Crippen molar-refractivity contribution in [3.05, 3.63) is 130 Å². The van der Waals surface area contributed by atoms with Gasteiger partial charge in [0.2, 0.25) is 0 Å². The molecular formula is C31H23ClF2N2O3. The lowest BCUT2D eigenvalue weighted by Gasteiger charge is -2.17. The molecule has 0 fully saturated rings. The van der Waals surface area contributed by atoms with Gasteiger partial charge < -0.3 is 15.0 Å².